The van der Waals surface area contributed by atoms with Gasteiger partial charge in [0.25, 0.3) is 0 Å². The molecule has 3 aromatic carbocycles. The molecule has 3 aromatic rings. The molecular formula is C20H15BrO. The lowest BCUT2D eigenvalue weighted by atomic mass is 9.84. The first-order valence-corrected chi connectivity index (χ1v) is 8.08. The molecule has 2 heteroatoms. The van der Waals surface area contributed by atoms with Crippen molar-refractivity contribution in [1.29, 1.82) is 0 Å². The van der Waals surface area contributed by atoms with Crippen LogP contribution in [0.25, 0.3) is 11.1 Å². The Morgan fingerprint density at radius 3 is 1.64 bits per heavy atom. The fourth-order valence-electron chi connectivity index (χ4n) is 3.56. The average molecular weight is 351 g/mol. The molecule has 0 saturated heterocycles. The number of hydrogen-bond donors (Lipinski definition) is 0. The molecule has 0 atom stereocenters. The van der Waals surface area contributed by atoms with E-state index >= 15 is 0 Å². The lowest BCUT2D eigenvalue weighted by molar-refractivity contribution is 0.0618. The van der Waals surface area contributed by atoms with Crippen LogP contribution in [0.15, 0.2) is 77.3 Å². The third-order valence-corrected chi connectivity index (χ3v) is 5.15. The Hall–Kier alpha value is -1.90. The molecule has 1 aliphatic rings. The summed E-state index contributed by atoms with van der Waals surface area (Å²) in [5.74, 6) is 0. The van der Waals surface area contributed by atoms with Crippen LogP contribution in [-0.2, 0) is 10.3 Å². The van der Waals surface area contributed by atoms with Gasteiger partial charge >= 0.3 is 0 Å². The number of benzene rings is 3. The van der Waals surface area contributed by atoms with Crippen molar-refractivity contribution in [2.24, 2.45) is 0 Å². The fourth-order valence-corrected chi connectivity index (χ4v) is 4.13. The lowest BCUT2D eigenvalue weighted by Crippen LogP contribution is -2.29. The first-order chi connectivity index (χ1) is 10.8. The summed E-state index contributed by atoms with van der Waals surface area (Å²) in [6.45, 7) is 0. The van der Waals surface area contributed by atoms with E-state index in [0.29, 0.717) is 0 Å². The van der Waals surface area contributed by atoms with E-state index in [1.54, 1.807) is 7.11 Å². The van der Waals surface area contributed by atoms with Gasteiger partial charge in [0, 0.05) is 28.3 Å². The first-order valence-electron chi connectivity index (χ1n) is 7.28. The lowest BCUT2D eigenvalue weighted by Gasteiger charge is -2.32. The van der Waals surface area contributed by atoms with Gasteiger partial charge in [-0.1, -0.05) is 82.7 Å². The zero-order valence-electron chi connectivity index (χ0n) is 12.2. The van der Waals surface area contributed by atoms with Gasteiger partial charge in [-0.3, -0.25) is 0 Å². The molecule has 1 aliphatic carbocycles. The quantitative estimate of drug-likeness (QED) is 0.603. The van der Waals surface area contributed by atoms with Crippen LogP contribution >= 0.6 is 15.9 Å². The topological polar surface area (TPSA) is 9.23 Å². The first kappa shape index (κ1) is 13.7. The van der Waals surface area contributed by atoms with Crippen molar-refractivity contribution in [2.75, 3.05) is 7.11 Å². The molecule has 22 heavy (non-hydrogen) atoms. The molecule has 0 radical (unpaired) electrons. The summed E-state index contributed by atoms with van der Waals surface area (Å²) < 4.78 is 7.25. The van der Waals surface area contributed by atoms with Crippen molar-refractivity contribution in [1.82, 2.24) is 0 Å². The summed E-state index contributed by atoms with van der Waals surface area (Å²) in [4.78, 5) is 0. The molecule has 0 aliphatic heterocycles. The number of methoxy groups -OCH3 is 1. The number of ether oxygens (including phenoxy) is 1. The third kappa shape index (κ3) is 1.68. The van der Waals surface area contributed by atoms with Crippen molar-refractivity contribution in [3.05, 3.63) is 94.0 Å². The minimum absolute atomic E-state index is 0.562. The summed E-state index contributed by atoms with van der Waals surface area (Å²) in [7, 11) is 1.79. The third-order valence-electron chi connectivity index (χ3n) is 4.46. The molecule has 0 unspecified atom stereocenters. The van der Waals surface area contributed by atoms with Gasteiger partial charge in [-0.05, 0) is 17.2 Å². The molecule has 0 heterocycles. The van der Waals surface area contributed by atoms with E-state index in [0.717, 1.165) is 10.0 Å². The fraction of sp³-hybridized carbons (Fsp3) is 0.100. The maximum Gasteiger partial charge on any atom is 0.145 e. The van der Waals surface area contributed by atoms with Crippen molar-refractivity contribution < 1.29 is 4.74 Å². The Morgan fingerprint density at radius 2 is 1.14 bits per heavy atom. The van der Waals surface area contributed by atoms with Gasteiger partial charge in [0.1, 0.15) is 5.60 Å². The second kappa shape index (κ2) is 5.08. The highest BCUT2D eigenvalue weighted by Gasteiger charge is 2.45. The Bertz CT molecular complexity index is 808. The van der Waals surface area contributed by atoms with E-state index in [9.17, 15) is 0 Å². The Morgan fingerprint density at radius 1 is 0.682 bits per heavy atom. The minimum atomic E-state index is -0.562. The van der Waals surface area contributed by atoms with Gasteiger partial charge in [-0.25, -0.2) is 0 Å². The van der Waals surface area contributed by atoms with Gasteiger partial charge in [-0.2, -0.15) is 0 Å². The van der Waals surface area contributed by atoms with Gasteiger partial charge in [-0.15, -0.1) is 0 Å². The molecule has 0 N–H and O–H groups in total. The van der Waals surface area contributed by atoms with E-state index in [2.05, 4.69) is 82.7 Å². The van der Waals surface area contributed by atoms with E-state index in [1.807, 2.05) is 6.07 Å². The Labute approximate surface area is 138 Å². The van der Waals surface area contributed by atoms with E-state index in [4.69, 9.17) is 4.74 Å². The molecule has 0 fully saturated rings. The Balaban J connectivity index is 2.14. The summed E-state index contributed by atoms with van der Waals surface area (Å²) >= 11 is 3.71. The maximum atomic E-state index is 6.19. The Kier molecular flexibility index (Phi) is 3.17. The number of rotatable bonds is 2. The molecule has 0 aromatic heterocycles. The molecule has 108 valence electrons. The molecule has 0 amide bonds. The number of fused-ring (bicyclic) bond motifs is 3. The summed E-state index contributed by atoms with van der Waals surface area (Å²) in [6.07, 6.45) is 0. The number of halogens is 1. The summed E-state index contributed by atoms with van der Waals surface area (Å²) in [5.41, 5.74) is 5.46. The van der Waals surface area contributed by atoms with Gasteiger partial charge in [0.2, 0.25) is 0 Å². The van der Waals surface area contributed by atoms with Crippen molar-refractivity contribution in [2.45, 2.75) is 5.60 Å². The predicted octanol–water partition coefficient (Wildman–Crippen LogP) is 5.37. The number of hydrogen-bond acceptors (Lipinski definition) is 1. The average Bonchev–Trinajstić information content (AvgIpc) is 2.87. The second-order valence-corrected chi connectivity index (χ2v) is 6.31. The van der Waals surface area contributed by atoms with E-state index < -0.39 is 5.60 Å². The normalized spacial score (nSPS) is 14.5. The molecule has 1 nitrogen and oxygen atoms in total. The molecule has 0 spiro atoms. The highest BCUT2D eigenvalue weighted by Crippen LogP contribution is 2.53. The van der Waals surface area contributed by atoms with Crippen LogP contribution in [0.5, 0.6) is 0 Å². The van der Waals surface area contributed by atoms with Crippen LogP contribution < -0.4 is 0 Å². The second-order valence-electron chi connectivity index (χ2n) is 5.46. The zero-order valence-corrected chi connectivity index (χ0v) is 13.8. The van der Waals surface area contributed by atoms with Crippen LogP contribution in [0.3, 0.4) is 0 Å². The van der Waals surface area contributed by atoms with Crippen molar-refractivity contribution in [3.63, 3.8) is 0 Å². The zero-order chi connectivity index (χ0) is 15.2. The summed E-state index contributed by atoms with van der Waals surface area (Å²) in [5, 5.41) is 0. The van der Waals surface area contributed by atoms with E-state index in [1.165, 1.54) is 22.3 Å². The van der Waals surface area contributed by atoms with Crippen molar-refractivity contribution in [3.8, 4) is 11.1 Å². The largest absolute Gasteiger partial charge is 0.364 e. The molecule has 0 bridgehead atoms. The van der Waals surface area contributed by atoms with Gasteiger partial charge < -0.3 is 4.74 Å². The standard InChI is InChI=1S/C20H15BrO/c1-22-20(18-12-6-7-13-19(18)21)16-10-4-2-8-14(16)15-9-3-5-11-17(15)20/h2-13H,1H3. The van der Waals surface area contributed by atoms with Gasteiger partial charge in [0.15, 0.2) is 0 Å². The molecule has 4 rings (SSSR count). The van der Waals surface area contributed by atoms with Crippen LogP contribution in [0, 0.1) is 0 Å². The van der Waals surface area contributed by atoms with E-state index in [-0.39, 0.29) is 0 Å². The summed E-state index contributed by atoms with van der Waals surface area (Å²) in [6, 6.07) is 25.3. The van der Waals surface area contributed by atoms with Crippen LogP contribution in [-0.4, -0.2) is 7.11 Å². The maximum absolute atomic E-state index is 6.19. The predicted molar refractivity (Wildman–Crippen MR) is 92.9 cm³/mol. The monoisotopic (exact) mass is 350 g/mol. The smallest absolute Gasteiger partial charge is 0.145 e. The van der Waals surface area contributed by atoms with Gasteiger partial charge in [0.05, 0.1) is 0 Å². The molecular weight excluding hydrogens is 336 g/mol. The van der Waals surface area contributed by atoms with Crippen LogP contribution in [0.1, 0.15) is 16.7 Å². The van der Waals surface area contributed by atoms with Crippen LogP contribution in [0.2, 0.25) is 0 Å². The highest BCUT2D eigenvalue weighted by molar-refractivity contribution is 9.10. The SMILES string of the molecule is COC1(c2ccccc2Br)c2ccccc2-c2ccccc21. The van der Waals surface area contributed by atoms with Crippen LogP contribution in [0.4, 0.5) is 0 Å². The highest BCUT2D eigenvalue weighted by atomic mass is 79.9. The van der Waals surface area contributed by atoms with Crippen molar-refractivity contribution >= 4 is 15.9 Å². The minimum Gasteiger partial charge on any atom is -0.364 e. The molecule has 0 saturated carbocycles.